The van der Waals surface area contributed by atoms with Crippen LogP contribution in [0.4, 0.5) is 11.4 Å². The maximum absolute atomic E-state index is 12.1. The molecule has 0 aliphatic carbocycles. The van der Waals surface area contributed by atoms with E-state index in [0.717, 1.165) is 0 Å². The van der Waals surface area contributed by atoms with Gasteiger partial charge in [0.05, 0.1) is 27.0 Å². The number of pyridine rings is 1. The fraction of sp³-hybridized carbons (Fsp3) is 0. The van der Waals surface area contributed by atoms with Crippen LogP contribution in [0.1, 0.15) is 10.4 Å². The highest BCUT2D eigenvalue weighted by molar-refractivity contribution is 6.40. The van der Waals surface area contributed by atoms with Crippen molar-refractivity contribution in [3.8, 4) is 0 Å². The number of carbonyl (C=O) groups excluding carboxylic acids is 1. The molecule has 0 aliphatic rings. The lowest BCUT2D eigenvalue weighted by atomic mass is 10.2. The second-order valence-corrected chi connectivity index (χ2v) is 4.43. The van der Waals surface area contributed by atoms with Crippen LogP contribution in [0.15, 0.2) is 36.7 Å². The number of hydrazine groups is 1. The zero-order valence-corrected chi connectivity index (χ0v) is 11.2. The van der Waals surface area contributed by atoms with Crippen molar-refractivity contribution < 1.29 is 4.79 Å². The lowest BCUT2D eigenvalue weighted by Crippen LogP contribution is -2.17. The first kappa shape index (κ1) is 13.6. The normalized spacial score (nSPS) is 10.1. The van der Waals surface area contributed by atoms with E-state index in [2.05, 4.69) is 15.7 Å². The van der Waals surface area contributed by atoms with E-state index >= 15 is 0 Å². The summed E-state index contributed by atoms with van der Waals surface area (Å²) in [5.41, 5.74) is 3.52. The molecule has 0 unspecified atom stereocenters. The number of nitrogens with one attached hydrogen (secondary N) is 2. The van der Waals surface area contributed by atoms with Crippen LogP contribution in [0.2, 0.25) is 10.0 Å². The first-order valence-electron chi connectivity index (χ1n) is 5.29. The summed E-state index contributed by atoms with van der Waals surface area (Å²) in [5.74, 6) is 4.93. The van der Waals surface area contributed by atoms with Crippen LogP contribution in [0.5, 0.6) is 0 Å². The van der Waals surface area contributed by atoms with E-state index in [4.69, 9.17) is 29.0 Å². The van der Waals surface area contributed by atoms with Crippen molar-refractivity contribution in [3.63, 3.8) is 0 Å². The Morgan fingerprint density at radius 1 is 1.21 bits per heavy atom. The number of hydrogen-bond acceptors (Lipinski definition) is 4. The topological polar surface area (TPSA) is 80.0 Å². The fourth-order valence-corrected chi connectivity index (χ4v) is 1.99. The van der Waals surface area contributed by atoms with Crippen LogP contribution in [0.25, 0.3) is 0 Å². The van der Waals surface area contributed by atoms with E-state index < -0.39 is 5.91 Å². The predicted octanol–water partition coefficient (Wildman–Crippen LogP) is 2.93. The average molecular weight is 297 g/mol. The third kappa shape index (κ3) is 2.96. The number of carbonyl (C=O) groups is 1. The van der Waals surface area contributed by atoms with Gasteiger partial charge in [-0.1, -0.05) is 29.3 Å². The number of benzene rings is 1. The Balaban J connectivity index is 2.31. The van der Waals surface area contributed by atoms with Crippen molar-refractivity contribution in [2.24, 2.45) is 5.84 Å². The Bertz CT molecular complexity index is 598. The van der Waals surface area contributed by atoms with Crippen LogP contribution < -0.4 is 16.6 Å². The average Bonchev–Trinajstić information content (AvgIpc) is 2.42. The number of amides is 1. The number of aromatic nitrogens is 1. The van der Waals surface area contributed by atoms with Gasteiger partial charge in [0.1, 0.15) is 0 Å². The van der Waals surface area contributed by atoms with Crippen LogP contribution in [0.3, 0.4) is 0 Å². The minimum Gasteiger partial charge on any atom is -0.323 e. The molecule has 1 aromatic carbocycles. The van der Waals surface area contributed by atoms with Crippen molar-refractivity contribution in [1.29, 1.82) is 0 Å². The van der Waals surface area contributed by atoms with Crippen LogP contribution in [-0.2, 0) is 0 Å². The lowest BCUT2D eigenvalue weighted by Gasteiger charge is -2.11. The highest BCUT2D eigenvalue weighted by atomic mass is 35.5. The van der Waals surface area contributed by atoms with Gasteiger partial charge < -0.3 is 10.7 Å². The molecule has 0 bridgehead atoms. The molecule has 0 saturated heterocycles. The van der Waals surface area contributed by atoms with Gasteiger partial charge in [0.15, 0.2) is 0 Å². The molecule has 0 atom stereocenters. The van der Waals surface area contributed by atoms with E-state index in [9.17, 15) is 4.79 Å². The molecule has 7 heteroatoms. The van der Waals surface area contributed by atoms with Gasteiger partial charge in [-0.3, -0.25) is 15.6 Å². The van der Waals surface area contributed by atoms with Crippen molar-refractivity contribution >= 4 is 40.5 Å². The fourth-order valence-electron chi connectivity index (χ4n) is 1.50. The second-order valence-electron chi connectivity index (χ2n) is 3.62. The molecule has 0 radical (unpaired) electrons. The highest BCUT2D eigenvalue weighted by Crippen LogP contribution is 2.30. The van der Waals surface area contributed by atoms with E-state index in [1.165, 1.54) is 12.4 Å². The van der Waals surface area contributed by atoms with Gasteiger partial charge in [0.2, 0.25) is 0 Å². The summed E-state index contributed by atoms with van der Waals surface area (Å²) in [6, 6.07) is 6.54. The summed E-state index contributed by atoms with van der Waals surface area (Å²) in [6.45, 7) is 0. The SMILES string of the molecule is NNc1ccncc1C(=O)Nc1c(Cl)cccc1Cl. The number of hydrogen-bond donors (Lipinski definition) is 3. The molecule has 1 aromatic heterocycles. The van der Waals surface area contributed by atoms with Gasteiger partial charge in [-0.05, 0) is 18.2 Å². The van der Waals surface area contributed by atoms with Gasteiger partial charge in [0, 0.05) is 12.4 Å². The molecule has 0 saturated carbocycles. The predicted molar refractivity (Wildman–Crippen MR) is 76.5 cm³/mol. The number of anilines is 2. The molecular weight excluding hydrogens is 287 g/mol. The number of nitrogens with zero attached hydrogens (tertiary/aromatic N) is 1. The largest absolute Gasteiger partial charge is 0.323 e. The zero-order valence-electron chi connectivity index (χ0n) is 9.65. The smallest absolute Gasteiger partial charge is 0.259 e. The Hall–Kier alpha value is -1.82. The van der Waals surface area contributed by atoms with Gasteiger partial charge >= 0.3 is 0 Å². The summed E-state index contributed by atoms with van der Waals surface area (Å²) in [5, 5.41) is 3.34. The molecule has 2 rings (SSSR count). The summed E-state index contributed by atoms with van der Waals surface area (Å²) >= 11 is 12.0. The van der Waals surface area contributed by atoms with E-state index in [1.54, 1.807) is 24.3 Å². The third-order valence-corrected chi connectivity index (χ3v) is 3.05. The summed E-state index contributed by atoms with van der Waals surface area (Å²) < 4.78 is 0. The Kier molecular flexibility index (Phi) is 4.21. The number of nitrogen functional groups attached to an aromatic ring is 1. The van der Waals surface area contributed by atoms with E-state index in [0.29, 0.717) is 27.0 Å². The third-order valence-electron chi connectivity index (χ3n) is 2.42. The lowest BCUT2D eigenvalue weighted by molar-refractivity contribution is 0.102. The molecule has 0 aliphatic heterocycles. The van der Waals surface area contributed by atoms with Crippen molar-refractivity contribution in [2.75, 3.05) is 10.7 Å². The molecule has 98 valence electrons. The molecule has 4 N–H and O–H groups in total. The Labute approximate surface area is 119 Å². The van der Waals surface area contributed by atoms with Crippen LogP contribution >= 0.6 is 23.2 Å². The monoisotopic (exact) mass is 296 g/mol. The van der Waals surface area contributed by atoms with Crippen molar-refractivity contribution in [3.05, 3.63) is 52.3 Å². The zero-order chi connectivity index (χ0) is 13.8. The maximum atomic E-state index is 12.1. The van der Waals surface area contributed by atoms with Crippen LogP contribution in [-0.4, -0.2) is 10.9 Å². The molecule has 19 heavy (non-hydrogen) atoms. The summed E-state index contributed by atoms with van der Waals surface area (Å²) in [7, 11) is 0. The van der Waals surface area contributed by atoms with Crippen molar-refractivity contribution in [2.45, 2.75) is 0 Å². The van der Waals surface area contributed by atoms with Gasteiger partial charge in [0.25, 0.3) is 5.91 Å². The highest BCUT2D eigenvalue weighted by Gasteiger charge is 2.14. The van der Waals surface area contributed by atoms with Gasteiger partial charge in [-0.25, -0.2) is 0 Å². The van der Waals surface area contributed by atoms with Crippen molar-refractivity contribution in [1.82, 2.24) is 4.98 Å². The number of nitrogens with two attached hydrogens (primary N) is 1. The first-order valence-corrected chi connectivity index (χ1v) is 6.05. The first-order chi connectivity index (χ1) is 9.13. The summed E-state index contributed by atoms with van der Waals surface area (Å²) in [4.78, 5) is 16.0. The molecule has 1 amide bonds. The molecule has 2 aromatic rings. The molecule has 0 fully saturated rings. The molecular formula is C12H10Cl2N4O. The minimum absolute atomic E-state index is 0.293. The standard InChI is InChI=1S/C12H10Cl2N4O/c13-8-2-1-3-9(14)11(8)17-12(19)7-6-16-5-4-10(7)18-15/h1-6H,15H2,(H,16,18)(H,17,19). The Morgan fingerprint density at radius 3 is 2.53 bits per heavy atom. The Morgan fingerprint density at radius 2 is 1.89 bits per heavy atom. The number of rotatable bonds is 3. The minimum atomic E-state index is -0.406. The van der Waals surface area contributed by atoms with E-state index in [1.807, 2.05) is 0 Å². The quantitative estimate of drug-likeness (QED) is 0.601. The van der Waals surface area contributed by atoms with E-state index in [-0.39, 0.29) is 0 Å². The maximum Gasteiger partial charge on any atom is 0.259 e. The number of para-hydroxylation sites is 1. The molecule has 0 spiro atoms. The molecule has 1 heterocycles. The summed E-state index contributed by atoms with van der Waals surface area (Å²) in [6.07, 6.45) is 2.92. The molecule has 5 nitrogen and oxygen atoms in total. The van der Waals surface area contributed by atoms with Gasteiger partial charge in [-0.2, -0.15) is 0 Å². The second kappa shape index (κ2) is 5.88. The van der Waals surface area contributed by atoms with Gasteiger partial charge in [-0.15, -0.1) is 0 Å². The van der Waals surface area contributed by atoms with Crippen LogP contribution in [0, 0.1) is 0 Å². The number of halogens is 2.